The second-order valence-corrected chi connectivity index (χ2v) is 10.4. The van der Waals surface area contributed by atoms with Gasteiger partial charge in [-0.25, -0.2) is 0 Å². The van der Waals surface area contributed by atoms with Crippen LogP contribution in [-0.4, -0.2) is 247 Å². The van der Waals surface area contributed by atoms with E-state index in [2.05, 4.69) is 0 Å². The van der Waals surface area contributed by atoms with Crippen LogP contribution in [0.15, 0.2) is 0 Å². The van der Waals surface area contributed by atoms with Crippen LogP contribution in [0.5, 0.6) is 0 Å². The molecule has 2 saturated heterocycles. The highest BCUT2D eigenvalue weighted by molar-refractivity contribution is 5.56. The van der Waals surface area contributed by atoms with E-state index in [4.69, 9.17) is 75.5 Å². The number of aliphatic hydroxyl groups excluding tert-OH is 19. The Kier molecular flexibility index (Phi) is 21.9. The minimum absolute atomic E-state index is 0.0258. The maximum atomic E-state index is 9.94. The molecule has 0 aromatic heterocycles. The molecule has 0 aliphatic carbocycles. The fourth-order valence-corrected chi connectivity index (χ4v) is 3.86. The second-order valence-electron chi connectivity index (χ2n) is 10.4. The average molecular weight is 705 g/mol. The Morgan fingerprint density at radius 2 is 0.957 bits per heavy atom. The van der Waals surface area contributed by atoms with Crippen LogP contribution in [0.4, 0.5) is 0 Å². The summed E-state index contributed by atoms with van der Waals surface area (Å²) in [6.45, 7) is -3.56. The van der Waals surface area contributed by atoms with Crippen LogP contribution in [0, 0.1) is 0 Å². The van der Waals surface area contributed by atoms with Crippen molar-refractivity contribution in [3.63, 3.8) is 0 Å². The molecule has 0 bridgehead atoms. The first-order chi connectivity index (χ1) is 21.9. The van der Waals surface area contributed by atoms with Crippen molar-refractivity contribution in [2.45, 2.75) is 110 Å². The third-order valence-corrected chi connectivity index (χ3v) is 6.91. The van der Waals surface area contributed by atoms with Crippen LogP contribution in [-0.2, 0) is 19.0 Å². The highest BCUT2D eigenvalue weighted by Gasteiger charge is 2.50. The predicted molar refractivity (Wildman–Crippen MR) is 144 cm³/mol. The van der Waals surface area contributed by atoms with Crippen molar-refractivity contribution >= 4 is 6.29 Å². The topological polar surface area (TPSA) is 429 Å². The molecule has 0 spiro atoms. The van der Waals surface area contributed by atoms with Crippen molar-refractivity contribution in [3.8, 4) is 0 Å². The van der Waals surface area contributed by atoms with E-state index in [0.717, 1.165) is 0 Å². The van der Waals surface area contributed by atoms with E-state index < -0.39 is 143 Å². The largest absolute Gasteiger partial charge is 0.394 e. The van der Waals surface area contributed by atoms with Crippen LogP contribution in [0.3, 0.4) is 0 Å². The zero-order valence-corrected chi connectivity index (χ0v) is 24.6. The van der Waals surface area contributed by atoms with Gasteiger partial charge in [0.2, 0.25) is 0 Å². The van der Waals surface area contributed by atoms with Crippen LogP contribution < -0.4 is 0 Å². The molecule has 0 saturated carbocycles. The summed E-state index contributed by atoms with van der Waals surface area (Å²) in [4.78, 5) is 9.90. The van der Waals surface area contributed by atoms with Gasteiger partial charge < -0.3 is 116 Å². The molecule has 18 atom stereocenters. The molecule has 282 valence electrons. The van der Waals surface area contributed by atoms with Crippen molar-refractivity contribution in [1.29, 1.82) is 0 Å². The Bertz CT molecular complexity index is 810. The molecule has 0 aromatic rings. The molecule has 0 aromatic carbocycles. The summed E-state index contributed by atoms with van der Waals surface area (Å²) >= 11 is 0. The number of carbonyl (C=O) groups is 1. The average Bonchev–Trinajstić information content (AvgIpc) is 3.09. The first-order valence-corrected chi connectivity index (χ1v) is 13.9. The molecule has 23 heteroatoms. The number of carbonyl (C=O) groups excluding carboxylic acids is 1. The van der Waals surface area contributed by atoms with Gasteiger partial charge in [-0.05, 0) is 0 Å². The lowest BCUT2D eigenvalue weighted by Gasteiger charge is -2.45. The monoisotopic (exact) mass is 704 g/mol. The third kappa shape index (κ3) is 13.2. The predicted octanol–water partition coefficient (Wildman–Crippen LogP) is -12.4. The van der Waals surface area contributed by atoms with Crippen molar-refractivity contribution < 1.29 is 116 Å². The van der Waals surface area contributed by atoms with E-state index in [9.17, 15) is 40.5 Å². The van der Waals surface area contributed by atoms with Crippen LogP contribution in [0.25, 0.3) is 0 Å². The van der Waals surface area contributed by atoms with Crippen LogP contribution >= 0.6 is 0 Å². The lowest BCUT2D eigenvalue weighted by atomic mass is 9.97. The summed E-state index contributed by atoms with van der Waals surface area (Å²) in [6.07, 6.45) is -28.8. The lowest BCUT2D eigenvalue weighted by Crippen LogP contribution is -2.64. The van der Waals surface area contributed by atoms with Crippen molar-refractivity contribution in [2.24, 2.45) is 0 Å². The molecule has 2 aliphatic heterocycles. The van der Waals surface area contributed by atoms with E-state index in [-0.39, 0.29) is 6.29 Å². The molecule has 19 N–H and O–H groups in total. The molecule has 2 aliphatic rings. The normalized spacial score (nSPS) is 36.1. The van der Waals surface area contributed by atoms with Gasteiger partial charge in [0.05, 0.1) is 33.0 Å². The molecule has 47 heavy (non-hydrogen) atoms. The second kappa shape index (κ2) is 22.5. The minimum Gasteiger partial charge on any atom is -0.394 e. The van der Waals surface area contributed by atoms with Gasteiger partial charge in [0.1, 0.15) is 97.7 Å². The van der Waals surface area contributed by atoms with Crippen molar-refractivity contribution in [1.82, 2.24) is 0 Å². The summed E-state index contributed by atoms with van der Waals surface area (Å²) in [5.74, 6) is 0. The first kappa shape index (κ1) is 45.8. The van der Waals surface area contributed by atoms with Gasteiger partial charge in [0.15, 0.2) is 18.9 Å². The highest BCUT2D eigenvalue weighted by atomic mass is 16.7. The minimum atomic E-state index is -1.79. The zero-order chi connectivity index (χ0) is 36.8. The first-order valence-electron chi connectivity index (χ1n) is 13.9. The fraction of sp³-hybridized carbons (Fsp3) is 0.958. The number of ether oxygens (including phenoxy) is 3. The van der Waals surface area contributed by atoms with E-state index >= 15 is 0 Å². The summed E-state index contributed by atoms with van der Waals surface area (Å²) in [5.41, 5.74) is 0. The maximum absolute atomic E-state index is 9.94. The molecule has 2 rings (SSSR count). The molecule has 0 radical (unpaired) electrons. The SMILES string of the molecule is O=C[C@@H](O)[C@@H](O)[C@H](O)[C@H](O)CO.OC[C@@H](O)[C@@H](O)[C@H](O)[C@H](O)CO.OC[C@H]1O[C@@H](O[C@H]2[C@H](O)[C@@H](O)C(O)O[C@@H]2CO)[C@H](O)[C@@H](O)[C@H]1O. The standard InChI is InChI=1S/C12H22O11.C6H14O6.C6H12O6/c13-1-3-5(15)6(16)9(19)12(22-3)23-10-4(2-14)21-11(20)8(18)7(10)17;2*7-1-3(9)5(11)6(12)4(10)2-8/h3-20H,1-2H2;3-12H,1-2H2;1,3-6,8-12H,2H2/t3-,4-,5+,6+,7-,8-,9-,10-,11?,12+;2*3-,4-,5-,6-/m111/s1. The zero-order valence-electron chi connectivity index (χ0n) is 24.6. The Morgan fingerprint density at radius 1 is 0.532 bits per heavy atom. The number of rotatable bonds is 14. The van der Waals surface area contributed by atoms with E-state index in [0.29, 0.717) is 0 Å². The van der Waals surface area contributed by atoms with Gasteiger partial charge in [0, 0.05) is 0 Å². The quantitative estimate of drug-likeness (QED) is 0.0746. The fourth-order valence-electron chi connectivity index (χ4n) is 3.86. The van der Waals surface area contributed by atoms with Crippen molar-refractivity contribution in [2.75, 3.05) is 33.0 Å². The van der Waals surface area contributed by atoms with E-state index in [1.54, 1.807) is 0 Å². The summed E-state index contributed by atoms with van der Waals surface area (Å²) in [6, 6.07) is 0. The number of hydrogen-bond donors (Lipinski definition) is 19. The smallest absolute Gasteiger partial charge is 0.187 e. The van der Waals surface area contributed by atoms with Gasteiger partial charge in [-0.2, -0.15) is 0 Å². The van der Waals surface area contributed by atoms with Gasteiger partial charge in [-0.15, -0.1) is 0 Å². The molecule has 1 unspecified atom stereocenters. The van der Waals surface area contributed by atoms with E-state index in [1.165, 1.54) is 0 Å². The maximum Gasteiger partial charge on any atom is 0.187 e. The summed E-state index contributed by atoms with van der Waals surface area (Å²) < 4.78 is 15.3. The van der Waals surface area contributed by atoms with E-state index in [1.807, 2.05) is 0 Å². The number of hydrogen-bond acceptors (Lipinski definition) is 23. The number of aldehydes is 1. The van der Waals surface area contributed by atoms with Gasteiger partial charge in [0.25, 0.3) is 0 Å². The molecule has 2 fully saturated rings. The van der Waals surface area contributed by atoms with Crippen molar-refractivity contribution in [3.05, 3.63) is 0 Å². The third-order valence-electron chi connectivity index (χ3n) is 6.91. The Labute approximate surface area is 266 Å². The Balaban J connectivity index is 0.000000749. The Morgan fingerprint density at radius 3 is 1.34 bits per heavy atom. The van der Waals surface area contributed by atoms with Gasteiger partial charge >= 0.3 is 0 Å². The van der Waals surface area contributed by atoms with Gasteiger partial charge in [-0.3, -0.25) is 0 Å². The molecular weight excluding hydrogens is 656 g/mol. The van der Waals surface area contributed by atoms with Crippen LogP contribution in [0.1, 0.15) is 0 Å². The summed E-state index contributed by atoms with van der Waals surface area (Å²) in [5, 5.41) is 172. The molecular formula is C24H48O23. The highest BCUT2D eigenvalue weighted by Crippen LogP contribution is 2.28. The molecule has 0 amide bonds. The number of aliphatic hydroxyl groups is 19. The molecule has 2 heterocycles. The lowest BCUT2D eigenvalue weighted by molar-refractivity contribution is -0.355. The van der Waals surface area contributed by atoms with Gasteiger partial charge in [-0.1, -0.05) is 0 Å². The molecule has 23 nitrogen and oxygen atoms in total. The summed E-state index contributed by atoms with van der Waals surface area (Å²) in [7, 11) is 0. The van der Waals surface area contributed by atoms with Crippen LogP contribution in [0.2, 0.25) is 0 Å². The Hall–Kier alpha value is -1.21.